The molecule has 2 heterocycles. The van der Waals surface area contributed by atoms with Crippen molar-refractivity contribution >= 4 is 29.4 Å². The van der Waals surface area contributed by atoms with Crippen LogP contribution in [-0.2, 0) is 0 Å². The molecular weight excluding hydrogens is 384 g/mol. The summed E-state index contributed by atoms with van der Waals surface area (Å²) in [5, 5.41) is 20.2. The lowest BCUT2D eigenvalue weighted by molar-refractivity contribution is 0.0685. The summed E-state index contributed by atoms with van der Waals surface area (Å²) in [5.74, 6) is -3.53. The number of halogens is 3. The Morgan fingerprint density at radius 3 is 2.04 bits per heavy atom. The van der Waals surface area contributed by atoms with E-state index in [0.29, 0.717) is 0 Å². The Morgan fingerprint density at radius 2 is 1.52 bits per heavy atom. The highest BCUT2D eigenvalue weighted by Crippen LogP contribution is 2.23. The summed E-state index contributed by atoms with van der Waals surface area (Å²) in [6.07, 6.45) is 6.19. The van der Waals surface area contributed by atoms with Gasteiger partial charge in [0.05, 0.1) is 18.0 Å². The van der Waals surface area contributed by atoms with E-state index in [4.69, 9.17) is 21.8 Å². The van der Waals surface area contributed by atoms with E-state index in [9.17, 15) is 18.4 Å². The average Bonchev–Trinajstić information content (AvgIpc) is 3.12. The minimum absolute atomic E-state index is 0.105. The van der Waals surface area contributed by atoms with Gasteiger partial charge in [0, 0.05) is 6.04 Å². The van der Waals surface area contributed by atoms with Gasteiger partial charge in [-0.15, -0.1) is 0 Å². The topological polar surface area (TPSA) is 112 Å². The number of anilines is 1. The van der Waals surface area contributed by atoms with Crippen LogP contribution in [0.2, 0.25) is 5.15 Å². The van der Waals surface area contributed by atoms with Gasteiger partial charge in [-0.3, -0.25) is 0 Å². The molecular formula is C17H16ClF2N3O4. The van der Waals surface area contributed by atoms with Crippen molar-refractivity contribution in [2.45, 2.75) is 31.7 Å². The Kier molecular flexibility index (Phi) is 7.00. The molecule has 0 aliphatic heterocycles. The van der Waals surface area contributed by atoms with Gasteiger partial charge in [0.2, 0.25) is 0 Å². The maximum atomic E-state index is 12.9. The van der Waals surface area contributed by atoms with Gasteiger partial charge in [0.15, 0.2) is 0 Å². The SMILES string of the molecule is O=C(O)c1cc(F)cnc1Cl.O=C(O)c1cc(F)cnc1NC1CCCC1. The largest absolute Gasteiger partial charge is 0.478 e. The van der Waals surface area contributed by atoms with Crippen molar-refractivity contribution in [2.24, 2.45) is 0 Å². The smallest absolute Gasteiger partial charge is 0.339 e. The number of hydrogen-bond acceptors (Lipinski definition) is 5. The molecule has 0 unspecified atom stereocenters. The monoisotopic (exact) mass is 399 g/mol. The quantitative estimate of drug-likeness (QED) is 0.669. The molecule has 0 atom stereocenters. The highest BCUT2D eigenvalue weighted by molar-refractivity contribution is 6.32. The van der Waals surface area contributed by atoms with Crippen molar-refractivity contribution in [2.75, 3.05) is 5.32 Å². The molecule has 0 amide bonds. The van der Waals surface area contributed by atoms with Crippen molar-refractivity contribution in [1.82, 2.24) is 9.97 Å². The molecule has 1 aliphatic carbocycles. The molecule has 10 heteroatoms. The van der Waals surface area contributed by atoms with Crippen molar-refractivity contribution in [3.05, 3.63) is 52.4 Å². The van der Waals surface area contributed by atoms with Crippen LogP contribution >= 0.6 is 11.6 Å². The van der Waals surface area contributed by atoms with E-state index in [-0.39, 0.29) is 28.1 Å². The van der Waals surface area contributed by atoms with E-state index < -0.39 is 23.6 Å². The summed E-state index contributed by atoms with van der Waals surface area (Å²) in [6.45, 7) is 0. The zero-order valence-electron chi connectivity index (χ0n) is 14.0. The van der Waals surface area contributed by atoms with Crippen LogP contribution in [0.4, 0.5) is 14.6 Å². The molecule has 1 fully saturated rings. The lowest BCUT2D eigenvalue weighted by Gasteiger charge is -2.14. The van der Waals surface area contributed by atoms with E-state index in [1.807, 2.05) is 0 Å². The number of nitrogens with zero attached hydrogens (tertiary/aromatic N) is 2. The van der Waals surface area contributed by atoms with Crippen molar-refractivity contribution in [1.29, 1.82) is 0 Å². The second kappa shape index (κ2) is 9.22. The number of rotatable bonds is 4. The van der Waals surface area contributed by atoms with Crippen LogP contribution in [0.3, 0.4) is 0 Å². The Morgan fingerprint density at radius 1 is 1.00 bits per heavy atom. The van der Waals surface area contributed by atoms with Gasteiger partial charge in [0.25, 0.3) is 0 Å². The first-order chi connectivity index (χ1) is 12.8. The fourth-order valence-electron chi connectivity index (χ4n) is 2.55. The fourth-order valence-corrected chi connectivity index (χ4v) is 2.74. The number of aromatic carboxylic acids is 2. The molecule has 27 heavy (non-hydrogen) atoms. The number of aromatic nitrogens is 2. The molecule has 7 nitrogen and oxygen atoms in total. The standard InChI is InChI=1S/C11H13FN2O2.C6H3ClFNO2/c12-7-5-9(11(15)16)10(13-6-7)14-8-3-1-2-4-8;7-5-4(6(10)11)1-3(8)2-9-5/h5-6,8H,1-4H2,(H,13,14)(H,15,16);1-2H,(H,10,11). The second-order valence-electron chi connectivity index (χ2n) is 5.78. The maximum absolute atomic E-state index is 12.9. The number of carboxylic acids is 2. The first-order valence-electron chi connectivity index (χ1n) is 7.97. The van der Waals surface area contributed by atoms with Gasteiger partial charge in [0.1, 0.15) is 28.2 Å². The summed E-state index contributed by atoms with van der Waals surface area (Å²) < 4.78 is 25.2. The molecule has 0 radical (unpaired) electrons. The summed E-state index contributed by atoms with van der Waals surface area (Å²) in [7, 11) is 0. The summed E-state index contributed by atoms with van der Waals surface area (Å²) in [6, 6.07) is 2.07. The first kappa shape index (κ1) is 20.5. The predicted octanol–water partition coefficient (Wildman–Crippen LogP) is 3.85. The normalized spacial score (nSPS) is 13.6. The lowest BCUT2D eigenvalue weighted by atomic mass is 10.2. The molecule has 1 saturated carbocycles. The van der Waals surface area contributed by atoms with Crippen molar-refractivity contribution < 1.29 is 28.6 Å². The molecule has 3 rings (SSSR count). The van der Waals surface area contributed by atoms with E-state index >= 15 is 0 Å². The van der Waals surface area contributed by atoms with Crippen LogP contribution in [0.5, 0.6) is 0 Å². The van der Waals surface area contributed by atoms with Crippen molar-refractivity contribution in [3.63, 3.8) is 0 Å². The third kappa shape index (κ3) is 5.85. The van der Waals surface area contributed by atoms with Gasteiger partial charge in [-0.25, -0.2) is 28.3 Å². The van der Waals surface area contributed by atoms with Crippen LogP contribution in [0, 0.1) is 11.6 Å². The van der Waals surface area contributed by atoms with Crippen LogP contribution in [0.1, 0.15) is 46.4 Å². The highest BCUT2D eigenvalue weighted by atomic mass is 35.5. The number of nitrogens with one attached hydrogen (secondary N) is 1. The molecule has 0 aromatic carbocycles. The average molecular weight is 400 g/mol. The van der Waals surface area contributed by atoms with Crippen LogP contribution in [-0.4, -0.2) is 38.2 Å². The molecule has 3 N–H and O–H groups in total. The van der Waals surface area contributed by atoms with E-state index in [0.717, 1.165) is 50.2 Å². The van der Waals surface area contributed by atoms with Gasteiger partial charge in [-0.1, -0.05) is 24.4 Å². The Bertz CT molecular complexity index is 845. The second-order valence-corrected chi connectivity index (χ2v) is 6.14. The summed E-state index contributed by atoms with van der Waals surface area (Å²) in [4.78, 5) is 28.3. The fraction of sp³-hybridized carbons (Fsp3) is 0.294. The Balaban J connectivity index is 0.000000208. The molecule has 0 saturated heterocycles. The van der Waals surface area contributed by atoms with Crippen LogP contribution < -0.4 is 5.32 Å². The molecule has 1 aliphatic rings. The minimum Gasteiger partial charge on any atom is -0.478 e. The third-order valence-electron chi connectivity index (χ3n) is 3.82. The highest BCUT2D eigenvalue weighted by Gasteiger charge is 2.19. The Labute approximate surface area is 158 Å². The third-order valence-corrected chi connectivity index (χ3v) is 4.12. The van der Waals surface area contributed by atoms with E-state index in [2.05, 4.69) is 15.3 Å². The number of carboxylic acid groups (broad SMARTS) is 2. The molecule has 2 aromatic heterocycles. The zero-order chi connectivity index (χ0) is 20.0. The maximum Gasteiger partial charge on any atom is 0.339 e. The lowest BCUT2D eigenvalue weighted by Crippen LogP contribution is -2.18. The number of hydrogen-bond donors (Lipinski definition) is 3. The van der Waals surface area contributed by atoms with E-state index in [1.165, 1.54) is 0 Å². The summed E-state index contributed by atoms with van der Waals surface area (Å²) in [5.41, 5.74) is -0.432. The van der Waals surface area contributed by atoms with Gasteiger partial charge >= 0.3 is 11.9 Å². The molecule has 0 spiro atoms. The van der Waals surface area contributed by atoms with Crippen LogP contribution in [0.15, 0.2) is 24.5 Å². The number of pyridine rings is 2. The Hall–Kier alpha value is -2.81. The van der Waals surface area contributed by atoms with E-state index in [1.54, 1.807) is 0 Å². The van der Waals surface area contributed by atoms with Gasteiger partial charge < -0.3 is 15.5 Å². The zero-order valence-corrected chi connectivity index (χ0v) is 14.7. The van der Waals surface area contributed by atoms with Gasteiger partial charge in [-0.2, -0.15) is 0 Å². The van der Waals surface area contributed by atoms with Crippen LogP contribution in [0.25, 0.3) is 0 Å². The minimum atomic E-state index is -1.29. The molecule has 144 valence electrons. The number of carbonyl (C=O) groups is 2. The van der Waals surface area contributed by atoms with Crippen molar-refractivity contribution in [3.8, 4) is 0 Å². The first-order valence-corrected chi connectivity index (χ1v) is 8.35. The predicted molar refractivity (Wildman–Crippen MR) is 93.2 cm³/mol. The van der Waals surface area contributed by atoms with Gasteiger partial charge in [-0.05, 0) is 25.0 Å². The molecule has 2 aromatic rings. The molecule has 0 bridgehead atoms. The summed E-state index contributed by atoms with van der Waals surface area (Å²) >= 11 is 5.33.